The molecular formula is C13H13ClF3N3O. The molecule has 1 unspecified atom stereocenters. The summed E-state index contributed by atoms with van der Waals surface area (Å²) < 4.78 is 44.3. The Morgan fingerprint density at radius 1 is 1.33 bits per heavy atom. The average molecular weight is 320 g/mol. The van der Waals surface area contributed by atoms with Gasteiger partial charge in [-0.15, -0.1) is 12.4 Å². The maximum absolute atomic E-state index is 12.5. The van der Waals surface area contributed by atoms with Crippen LogP contribution in [0.3, 0.4) is 0 Å². The Balaban J connectivity index is 0.00000161. The first-order chi connectivity index (χ1) is 9.49. The average Bonchev–Trinajstić information content (AvgIpc) is 3.04. The summed E-state index contributed by atoms with van der Waals surface area (Å²) in [5, 5.41) is 6.64. The van der Waals surface area contributed by atoms with Crippen molar-refractivity contribution in [2.75, 3.05) is 13.7 Å². The van der Waals surface area contributed by atoms with Gasteiger partial charge in [-0.25, -0.2) is 4.68 Å². The predicted octanol–water partition coefficient (Wildman–Crippen LogP) is 2.97. The number of halogens is 4. The molecule has 1 aromatic carbocycles. The fraction of sp³-hybridized carbons (Fsp3) is 0.308. The number of ether oxygens (including phenoxy) is 1. The fourth-order valence-electron chi connectivity index (χ4n) is 2.20. The van der Waals surface area contributed by atoms with Gasteiger partial charge in [-0.3, -0.25) is 0 Å². The topological polar surface area (TPSA) is 39.1 Å². The molecule has 8 heteroatoms. The second-order valence-electron chi connectivity index (χ2n) is 4.52. The van der Waals surface area contributed by atoms with Crippen LogP contribution in [-0.2, 0) is 6.18 Å². The van der Waals surface area contributed by atoms with Crippen molar-refractivity contribution >= 4 is 12.4 Å². The van der Waals surface area contributed by atoms with E-state index >= 15 is 0 Å². The van der Waals surface area contributed by atoms with E-state index in [1.54, 1.807) is 12.1 Å². The van der Waals surface area contributed by atoms with E-state index in [4.69, 9.17) is 4.74 Å². The molecule has 114 valence electrons. The fourth-order valence-corrected chi connectivity index (χ4v) is 2.20. The van der Waals surface area contributed by atoms with Crippen LogP contribution in [-0.4, -0.2) is 23.4 Å². The van der Waals surface area contributed by atoms with Crippen molar-refractivity contribution in [3.05, 3.63) is 41.7 Å². The lowest BCUT2D eigenvalue weighted by Crippen LogP contribution is -2.17. The summed E-state index contributed by atoms with van der Waals surface area (Å²) in [7, 11) is 1.83. The standard InChI is InChI=1S/C13H12F3N3O.ClH/c1-17-10-7-20-11-6-8(2-3-9(10)11)19-5-4-12(18-19)13(14,15)16;/h2-6,10,17H,7H2,1H3;1H. The van der Waals surface area contributed by atoms with E-state index in [9.17, 15) is 13.2 Å². The molecule has 0 radical (unpaired) electrons. The van der Waals surface area contributed by atoms with Crippen LogP contribution in [0.15, 0.2) is 30.5 Å². The van der Waals surface area contributed by atoms with Gasteiger partial charge in [-0.05, 0) is 19.2 Å². The van der Waals surface area contributed by atoms with Gasteiger partial charge in [-0.1, -0.05) is 6.07 Å². The smallest absolute Gasteiger partial charge is 0.435 e. The molecule has 1 atom stereocenters. The number of likely N-dealkylation sites (N-methyl/N-ethyl adjacent to an activating group) is 1. The number of aromatic nitrogens is 2. The zero-order valence-corrected chi connectivity index (χ0v) is 11.8. The molecule has 3 rings (SSSR count). The molecule has 0 saturated carbocycles. The van der Waals surface area contributed by atoms with Gasteiger partial charge in [0.15, 0.2) is 5.69 Å². The molecule has 1 aliphatic rings. The van der Waals surface area contributed by atoms with Crippen molar-refractivity contribution in [3.8, 4) is 11.4 Å². The molecule has 0 amide bonds. The summed E-state index contributed by atoms with van der Waals surface area (Å²) in [5.41, 5.74) is 0.627. The van der Waals surface area contributed by atoms with Crippen LogP contribution in [0.1, 0.15) is 17.3 Å². The third kappa shape index (κ3) is 2.84. The van der Waals surface area contributed by atoms with Crippen molar-refractivity contribution in [2.24, 2.45) is 0 Å². The highest BCUT2D eigenvalue weighted by molar-refractivity contribution is 5.85. The largest absolute Gasteiger partial charge is 0.491 e. The first-order valence-corrected chi connectivity index (χ1v) is 6.06. The van der Waals surface area contributed by atoms with Crippen molar-refractivity contribution < 1.29 is 17.9 Å². The molecular weight excluding hydrogens is 307 g/mol. The van der Waals surface area contributed by atoms with E-state index in [2.05, 4.69) is 10.4 Å². The number of alkyl halides is 3. The number of nitrogens with zero attached hydrogens (tertiary/aromatic N) is 2. The van der Waals surface area contributed by atoms with Crippen molar-refractivity contribution in [2.45, 2.75) is 12.2 Å². The number of benzene rings is 1. The van der Waals surface area contributed by atoms with Crippen molar-refractivity contribution in [1.82, 2.24) is 15.1 Å². The molecule has 1 N–H and O–H groups in total. The number of hydrogen-bond acceptors (Lipinski definition) is 3. The third-order valence-corrected chi connectivity index (χ3v) is 3.27. The third-order valence-electron chi connectivity index (χ3n) is 3.27. The Labute approximate surface area is 125 Å². The quantitative estimate of drug-likeness (QED) is 0.925. The Morgan fingerprint density at radius 3 is 2.71 bits per heavy atom. The van der Waals surface area contributed by atoms with Gasteiger partial charge >= 0.3 is 6.18 Å². The molecule has 21 heavy (non-hydrogen) atoms. The summed E-state index contributed by atoms with van der Waals surface area (Å²) in [6.07, 6.45) is -3.15. The van der Waals surface area contributed by atoms with Crippen LogP contribution in [0.25, 0.3) is 5.69 Å². The number of rotatable bonds is 2. The molecule has 1 aromatic heterocycles. The second kappa shape index (κ2) is 5.57. The van der Waals surface area contributed by atoms with Gasteiger partial charge in [-0.2, -0.15) is 18.3 Å². The Bertz CT molecular complexity index is 642. The van der Waals surface area contributed by atoms with E-state index < -0.39 is 11.9 Å². The number of fused-ring (bicyclic) bond motifs is 1. The lowest BCUT2D eigenvalue weighted by molar-refractivity contribution is -0.141. The first-order valence-electron chi connectivity index (χ1n) is 6.06. The van der Waals surface area contributed by atoms with Crippen molar-refractivity contribution in [3.63, 3.8) is 0 Å². The number of nitrogens with one attached hydrogen (secondary N) is 1. The molecule has 0 bridgehead atoms. The normalized spacial score (nSPS) is 17.0. The highest BCUT2D eigenvalue weighted by atomic mass is 35.5. The monoisotopic (exact) mass is 319 g/mol. The van der Waals surface area contributed by atoms with Gasteiger partial charge in [0.05, 0.1) is 11.7 Å². The van der Waals surface area contributed by atoms with Crippen LogP contribution in [0.2, 0.25) is 0 Å². The lowest BCUT2D eigenvalue weighted by Gasteiger charge is -2.07. The Morgan fingerprint density at radius 2 is 2.10 bits per heavy atom. The van der Waals surface area contributed by atoms with Crippen LogP contribution >= 0.6 is 12.4 Å². The highest BCUT2D eigenvalue weighted by Gasteiger charge is 2.33. The SMILES string of the molecule is CNC1COc2cc(-n3ccc(C(F)(F)F)n3)ccc21.Cl. The zero-order valence-electron chi connectivity index (χ0n) is 11.0. The summed E-state index contributed by atoms with van der Waals surface area (Å²) in [6, 6.07) is 6.32. The predicted molar refractivity (Wildman–Crippen MR) is 73.1 cm³/mol. The molecule has 1 aliphatic heterocycles. The Kier molecular flexibility index (Phi) is 4.15. The maximum atomic E-state index is 12.5. The van der Waals surface area contributed by atoms with E-state index in [1.165, 1.54) is 10.9 Å². The summed E-state index contributed by atoms with van der Waals surface area (Å²) in [5.74, 6) is 0.672. The lowest BCUT2D eigenvalue weighted by atomic mass is 10.1. The van der Waals surface area contributed by atoms with Crippen LogP contribution in [0, 0.1) is 0 Å². The molecule has 0 spiro atoms. The Hall–Kier alpha value is -1.73. The molecule has 2 aromatic rings. The second-order valence-corrected chi connectivity index (χ2v) is 4.52. The summed E-state index contributed by atoms with van der Waals surface area (Å²) >= 11 is 0. The first kappa shape index (κ1) is 15.7. The summed E-state index contributed by atoms with van der Waals surface area (Å²) in [4.78, 5) is 0. The zero-order chi connectivity index (χ0) is 14.3. The van der Waals surface area contributed by atoms with E-state index in [0.29, 0.717) is 18.0 Å². The van der Waals surface area contributed by atoms with E-state index in [1.807, 2.05) is 13.1 Å². The van der Waals surface area contributed by atoms with Gasteiger partial charge in [0, 0.05) is 17.8 Å². The van der Waals surface area contributed by atoms with Gasteiger partial charge < -0.3 is 10.1 Å². The van der Waals surface area contributed by atoms with Crippen LogP contribution in [0.4, 0.5) is 13.2 Å². The van der Waals surface area contributed by atoms with Gasteiger partial charge in [0.25, 0.3) is 0 Å². The summed E-state index contributed by atoms with van der Waals surface area (Å²) in [6.45, 7) is 0.516. The molecule has 0 aliphatic carbocycles. The molecule has 2 heterocycles. The molecule has 0 fully saturated rings. The minimum atomic E-state index is -4.43. The van der Waals surface area contributed by atoms with E-state index in [0.717, 1.165) is 11.6 Å². The van der Waals surface area contributed by atoms with Crippen molar-refractivity contribution in [1.29, 1.82) is 0 Å². The number of hydrogen-bond donors (Lipinski definition) is 1. The van der Waals surface area contributed by atoms with Gasteiger partial charge in [0.2, 0.25) is 0 Å². The minimum Gasteiger partial charge on any atom is -0.491 e. The highest BCUT2D eigenvalue weighted by Crippen LogP contribution is 2.34. The maximum Gasteiger partial charge on any atom is 0.435 e. The van der Waals surface area contributed by atoms with Gasteiger partial charge in [0.1, 0.15) is 12.4 Å². The van der Waals surface area contributed by atoms with E-state index in [-0.39, 0.29) is 18.4 Å². The molecule has 0 saturated heterocycles. The van der Waals surface area contributed by atoms with Crippen LogP contribution in [0.5, 0.6) is 5.75 Å². The van der Waals surface area contributed by atoms with Crippen LogP contribution < -0.4 is 10.1 Å². The molecule has 4 nitrogen and oxygen atoms in total. The minimum absolute atomic E-state index is 0.